The molecule has 0 radical (unpaired) electrons. The molecule has 2 heteroatoms. The zero-order chi connectivity index (χ0) is 15.2. The van der Waals surface area contributed by atoms with Gasteiger partial charge < -0.3 is 5.32 Å². The highest BCUT2D eigenvalue weighted by Gasteiger charge is 2.33. The van der Waals surface area contributed by atoms with Crippen molar-refractivity contribution >= 4 is 0 Å². The van der Waals surface area contributed by atoms with E-state index in [1.54, 1.807) is 12.1 Å². The van der Waals surface area contributed by atoms with Gasteiger partial charge in [0.2, 0.25) is 0 Å². The Balaban J connectivity index is 2.14. The molecule has 118 valence electrons. The van der Waals surface area contributed by atoms with Crippen LogP contribution < -0.4 is 5.32 Å². The lowest BCUT2D eigenvalue weighted by atomic mass is 9.68. The van der Waals surface area contributed by atoms with Crippen molar-refractivity contribution in [2.45, 2.75) is 52.4 Å². The van der Waals surface area contributed by atoms with Crippen molar-refractivity contribution < 1.29 is 4.39 Å². The van der Waals surface area contributed by atoms with Gasteiger partial charge in [0.05, 0.1) is 0 Å². The third-order valence-corrected chi connectivity index (χ3v) is 5.11. The first-order valence-electron chi connectivity index (χ1n) is 8.58. The molecular weight excluding hydrogens is 261 g/mol. The maximum absolute atomic E-state index is 14.2. The van der Waals surface area contributed by atoms with Crippen LogP contribution in [0.5, 0.6) is 0 Å². The quantitative estimate of drug-likeness (QED) is 0.729. The lowest BCUT2D eigenvalue weighted by Crippen LogP contribution is -2.34. The molecule has 0 aliphatic heterocycles. The van der Waals surface area contributed by atoms with Gasteiger partial charge in [-0.2, -0.15) is 0 Å². The Morgan fingerprint density at radius 2 is 2.00 bits per heavy atom. The second kappa shape index (κ2) is 7.93. The molecule has 1 aliphatic rings. The summed E-state index contributed by atoms with van der Waals surface area (Å²) in [5.41, 5.74) is 0.936. The highest BCUT2D eigenvalue weighted by atomic mass is 19.1. The zero-order valence-electron chi connectivity index (χ0n) is 13.7. The fourth-order valence-electron chi connectivity index (χ4n) is 3.74. The molecule has 3 atom stereocenters. The second-order valence-electron chi connectivity index (χ2n) is 6.91. The van der Waals surface area contributed by atoms with Gasteiger partial charge in [-0.1, -0.05) is 39.0 Å². The highest BCUT2D eigenvalue weighted by Crippen LogP contribution is 2.43. The van der Waals surface area contributed by atoms with E-state index in [2.05, 4.69) is 26.1 Å². The Morgan fingerprint density at radius 3 is 2.67 bits per heavy atom. The van der Waals surface area contributed by atoms with Gasteiger partial charge in [0, 0.05) is 0 Å². The number of nitrogens with one attached hydrogen (secondary N) is 1. The minimum Gasteiger partial charge on any atom is -0.316 e. The minimum atomic E-state index is -0.0209. The standard InChI is InChI=1S/C19H30FN/c1-4-11-21-13-16-10-9-15(14(2)3)12-18(16)17-7-5-6-8-19(17)20/h5-8,14-16,18,21H,4,9-13H2,1-3H3. The van der Waals surface area contributed by atoms with Gasteiger partial charge in [-0.15, -0.1) is 0 Å². The van der Waals surface area contributed by atoms with E-state index in [1.807, 2.05) is 12.1 Å². The molecule has 0 bridgehead atoms. The van der Waals surface area contributed by atoms with E-state index in [-0.39, 0.29) is 5.82 Å². The van der Waals surface area contributed by atoms with Crippen molar-refractivity contribution in [1.29, 1.82) is 0 Å². The number of benzene rings is 1. The van der Waals surface area contributed by atoms with Crippen LogP contribution in [-0.4, -0.2) is 13.1 Å². The van der Waals surface area contributed by atoms with Crippen LogP contribution in [0.4, 0.5) is 4.39 Å². The molecule has 1 fully saturated rings. The monoisotopic (exact) mass is 291 g/mol. The summed E-state index contributed by atoms with van der Waals surface area (Å²) in [5, 5.41) is 3.55. The summed E-state index contributed by atoms with van der Waals surface area (Å²) in [5.74, 6) is 2.36. The molecule has 1 aliphatic carbocycles. The Bertz CT molecular complexity index is 429. The number of halogens is 1. The van der Waals surface area contributed by atoms with E-state index in [1.165, 1.54) is 12.8 Å². The van der Waals surface area contributed by atoms with Gasteiger partial charge in [0.25, 0.3) is 0 Å². The van der Waals surface area contributed by atoms with Crippen molar-refractivity contribution in [1.82, 2.24) is 5.32 Å². The first-order chi connectivity index (χ1) is 10.1. The Kier molecular flexibility index (Phi) is 6.22. The van der Waals surface area contributed by atoms with Crippen LogP contribution >= 0.6 is 0 Å². The molecule has 1 saturated carbocycles. The summed E-state index contributed by atoms with van der Waals surface area (Å²) in [6.45, 7) is 8.89. The molecule has 1 aromatic rings. The van der Waals surface area contributed by atoms with Gasteiger partial charge in [0.1, 0.15) is 5.82 Å². The Labute approximate surface area is 129 Å². The fourth-order valence-corrected chi connectivity index (χ4v) is 3.74. The first-order valence-corrected chi connectivity index (χ1v) is 8.58. The topological polar surface area (TPSA) is 12.0 Å². The summed E-state index contributed by atoms with van der Waals surface area (Å²) in [6.07, 6.45) is 4.81. The highest BCUT2D eigenvalue weighted by molar-refractivity contribution is 5.23. The summed E-state index contributed by atoms with van der Waals surface area (Å²) in [7, 11) is 0. The molecule has 0 aromatic heterocycles. The first kappa shape index (κ1) is 16.5. The maximum Gasteiger partial charge on any atom is 0.126 e. The number of hydrogen-bond acceptors (Lipinski definition) is 1. The van der Waals surface area contributed by atoms with E-state index < -0.39 is 0 Å². The molecule has 1 nitrogen and oxygen atoms in total. The van der Waals surface area contributed by atoms with Crippen molar-refractivity contribution in [3.63, 3.8) is 0 Å². The zero-order valence-corrected chi connectivity index (χ0v) is 13.7. The second-order valence-corrected chi connectivity index (χ2v) is 6.91. The molecule has 3 unspecified atom stereocenters. The minimum absolute atomic E-state index is 0.0209. The van der Waals surface area contributed by atoms with Crippen LogP contribution in [0, 0.1) is 23.6 Å². The van der Waals surface area contributed by atoms with Crippen molar-refractivity contribution in [2.75, 3.05) is 13.1 Å². The maximum atomic E-state index is 14.2. The number of hydrogen-bond donors (Lipinski definition) is 1. The van der Waals surface area contributed by atoms with Crippen molar-refractivity contribution in [2.24, 2.45) is 17.8 Å². The van der Waals surface area contributed by atoms with Crippen molar-refractivity contribution in [3.05, 3.63) is 35.6 Å². The largest absolute Gasteiger partial charge is 0.316 e. The smallest absolute Gasteiger partial charge is 0.126 e. The molecule has 0 saturated heterocycles. The van der Waals surface area contributed by atoms with E-state index >= 15 is 0 Å². The van der Waals surface area contributed by atoms with Crippen LogP contribution in [0.3, 0.4) is 0 Å². The molecule has 0 amide bonds. The molecule has 0 spiro atoms. The normalized spacial score (nSPS) is 26.2. The third-order valence-electron chi connectivity index (χ3n) is 5.11. The van der Waals surface area contributed by atoms with Crippen LogP contribution in [0.25, 0.3) is 0 Å². The molecular formula is C19H30FN. The average Bonchev–Trinajstić information content (AvgIpc) is 2.48. The van der Waals surface area contributed by atoms with E-state index in [0.717, 1.165) is 37.4 Å². The summed E-state index contributed by atoms with van der Waals surface area (Å²) in [4.78, 5) is 0. The summed E-state index contributed by atoms with van der Waals surface area (Å²) >= 11 is 0. The molecule has 21 heavy (non-hydrogen) atoms. The lowest BCUT2D eigenvalue weighted by Gasteiger charge is -2.38. The predicted molar refractivity (Wildman–Crippen MR) is 88.0 cm³/mol. The molecule has 2 rings (SSSR count). The van der Waals surface area contributed by atoms with Gasteiger partial charge >= 0.3 is 0 Å². The molecule has 1 N–H and O–H groups in total. The predicted octanol–water partition coefficient (Wildman–Crippen LogP) is 4.98. The van der Waals surface area contributed by atoms with E-state index in [4.69, 9.17) is 0 Å². The van der Waals surface area contributed by atoms with Gasteiger partial charge in [0.15, 0.2) is 0 Å². The number of rotatable bonds is 6. The van der Waals surface area contributed by atoms with Crippen LogP contribution in [0.1, 0.15) is 57.9 Å². The molecule has 0 heterocycles. The van der Waals surface area contributed by atoms with Gasteiger partial charge in [-0.3, -0.25) is 0 Å². The SMILES string of the molecule is CCCNCC1CCC(C(C)C)CC1c1ccccc1F. The van der Waals surface area contributed by atoms with E-state index in [9.17, 15) is 4.39 Å². The summed E-state index contributed by atoms with van der Waals surface area (Å²) in [6, 6.07) is 7.39. The van der Waals surface area contributed by atoms with Crippen molar-refractivity contribution in [3.8, 4) is 0 Å². The summed E-state index contributed by atoms with van der Waals surface area (Å²) < 4.78 is 14.2. The van der Waals surface area contributed by atoms with E-state index in [0.29, 0.717) is 17.8 Å². The Hall–Kier alpha value is -0.890. The van der Waals surface area contributed by atoms with Gasteiger partial charge in [-0.05, 0) is 74.1 Å². The average molecular weight is 291 g/mol. The van der Waals surface area contributed by atoms with Gasteiger partial charge in [-0.25, -0.2) is 4.39 Å². The van der Waals surface area contributed by atoms with Crippen LogP contribution in [0.15, 0.2) is 24.3 Å². The fraction of sp³-hybridized carbons (Fsp3) is 0.684. The Morgan fingerprint density at radius 1 is 1.24 bits per heavy atom. The van der Waals surface area contributed by atoms with Crippen LogP contribution in [-0.2, 0) is 0 Å². The lowest BCUT2D eigenvalue weighted by molar-refractivity contribution is 0.188. The molecule has 1 aromatic carbocycles. The van der Waals surface area contributed by atoms with Crippen LogP contribution in [0.2, 0.25) is 0 Å². The third kappa shape index (κ3) is 4.29.